The van der Waals surface area contributed by atoms with E-state index >= 15 is 0 Å². The van der Waals surface area contributed by atoms with Crippen molar-refractivity contribution < 1.29 is 41.8 Å². The maximum absolute atomic E-state index is 13.1. The van der Waals surface area contributed by atoms with Gasteiger partial charge < -0.3 is 23.7 Å². The molecule has 0 saturated carbocycles. The maximum atomic E-state index is 13.1. The molecule has 218 valence electrons. The second-order valence-electron chi connectivity index (χ2n) is 8.75. The van der Waals surface area contributed by atoms with Gasteiger partial charge in [0.05, 0.1) is 41.5 Å². The summed E-state index contributed by atoms with van der Waals surface area (Å²) in [6, 6.07) is 10.1. The molecule has 0 N–H and O–H groups in total. The molecule has 0 atom stereocenters. The second-order valence-corrected chi connectivity index (χ2v) is 11.7. The Bertz CT molecular complexity index is 1650. The SMILES string of the molecule is CCOC(=O)N1CCN(S(=O)(=O)c2ccc(C(=O)N=c3sc4cc(C(=O)OC)ccc4n3CC(=O)OC)cc2)CC1. The average Bonchev–Trinajstić information content (AvgIpc) is 3.32. The summed E-state index contributed by atoms with van der Waals surface area (Å²) in [4.78, 5) is 54.8. The van der Waals surface area contributed by atoms with Crippen LogP contribution in [0.15, 0.2) is 52.4 Å². The monoisotopic (exact) mass is 604 g/mol. The van der Waals surface area contributed by atoms with Crippen LogP contribution >= 0.6 is 11.3 Å². The minimum absolute atomic E-state index is 0.00316. The topological polar surface area (TPSA) is 154 Å². The van der Waals surface area contributed by atoms with E-state index in [0.29, 0.717) is 15.8 Å². The molecule has 2 aromatic carbocycles. The van der Waals surface area contributed by atoms with Crippen molar-refractivity contribution in [2.75, 3.05) is 47.0 Å². The van der Waals surface area contributed by atoms with Crippen molar-refractivity contribution in [2.45, 2.75) is 18.4 Å². The molecule has 0 bridgehead atoms. The minimum atomic E-state index is -3.86. The number of nitrogens with zero attached hydrogens (tertiary/aromatic N) is 4. The Morgan fingerprint density at radius 3 is 2.20 bits per heavy atom. The predicted octanol–water partition coefficient (Wildman–Crippen LogP) is 1.87. The zero-order valence-electron chi connectivity index (χ0n) is 22.6. The van der Waals surface area contributed by atoms with Crippen molar-refractivity contribution in [3.8, 4) is 0 Å². The molecule has 1 aromatic heterocycles. The van der Waals surface area contributed by atoms with Crippen LogP contribution in [0.25, 0.3) is 10.2 Å². The molecule has 4 rings (SSSR count). The minimum Gasteiger partial charge on any atom is -0.468 e. The molecule has 0 radical (unpaired) electrons. The Kier molecular flexibility index (Phi) is 9.20. The summed E-state index contributed by atoms with van der Waals surface area (Å²) < 4.78 is 44.2. The van der Waals surface area contributed by atoms with Crippen LogP contribution in [0.3, 0.4) is 0 Å². The first kappa shape index (κ1) is 29.9. The number of hydrogen-bond donors (Lipinski definition) is 0. The number of benzene rings is 2. The van der Waals surface area contributed by atoms with E-state index in [9.17, 15) is 27.6 Å². The van der Waals surface area contributed by atoms with Gasteiger partial charge in [-0.25, -0.2) is 18.0 Å². The van der Waals surface area contributed by atoms with Crippen LogP contribution in [0.2, 0.25) is 0 Å². The highest BCUT2D eigenvalue weighted by Crippen LogP contribution is 2.21. The number of fused-ring (bicyclic) bond motifs is 1. The molecule has 2 heterocycles. The van der Waals surface area contributed by atoms with Gasteiger partial charge in [-0.1, -0.05) is 11.3 Å². The largest absolute Gasteiger partial charge is 0.468 e. The number of esters is 2. The number of hydrogen-bond acceptors (Lipinski definition) is 10. The van der Waals surface area contributed by atoms with Crippen LogP contribution in [0.4, 0.5) is 4.79 Å². The van der Waals surface area contributed by atoms with Crippen LogP contribution in [0.5, 0.6) is 0 Å². The number of carbonyl (C=O) groups is 4. The molecule has 0 aliphatic carbocycles. The van der Waals surface area contributed by atoms with Crippen molar-refractivity contribution in [1.29, 1.82) is 0 Å². The van der Waals surface area contributed by atoms with Crippen LogP contribution in [0, 0.1) is 0 Å². The molecule has 1 fully saturated rings. The summed E-state index contributed by atoms with van der Waals surface area (Å²) in [5, 5.41) is 0. The van der Waals surface area contributed by atoms with Gasteiger partial charge in [0.2, 0.25) is 10.0 Å². The van der Waals surface area contributed by atoms with E-state index in [4.69, 9.17) is 14.2 Å². The highest BCUT2D eigenvalue weighted by molar-refractivity contribution is 7.89. The maximum Gasteiger partial charge on any atom is 0.409 e. The van der Waals surface area contributed by atoms with Crippen LogP contribution in [0.1, 0.15) is 27.6 Å². The van der Waals surface area contributed by atoms with E-state index in [2.05, 4.69) is 4.99 Å². The number of piperazine rings is 1. The van der Waals surface area contributed by atoms with Crippen molar-refractivity contribution in [3.05, 3.63) is 58.4 Å². The molecule has 1 saturated heterocycles. The lowest BCUT2D eigenvalue weighted by atomic mass is 10.2. The highest BCUT2D eigenvalue weighted by atomic mass is 32.2. The van der Waals surface area contributed by atoms with Gasteiger partial charge in [-0.3, -0.25) is 9.59 Å². The van der Waals surface area contributed by atoms with Gasteiger partial charge in [0.15, 0.2) is 4.80 Å². The summed E-state index contributed by atoms with van der Waals surface area (Å²) in [7, 11) is -1.35. The number of carbonyl (C=O) groups excluding carboxylic acids is 4. The predicted molar refractivity (Wildman–Crippen MR) is 147 cm³/mol. The first-order valence-corrected chi connectivity index (χ1v) is 14.7. The first-order valence-electron chi connectivity index (χ1n) is 12.5. The molecule has 2 amide bonds. The van der Waals surface area contributed by atoms with Crippen molar-refractivity contribution in [3.63, 3.8) is 0 Å². The van der Waals surface area contributed by atoms with E-state index in [1.54, 1.807) is 19.1 Å². The average molecular weight is 605 g/mol. The summed E-state index contributed by atoms with van der Waals surface area (Å²) >= 11 is 1.09. The lowest BCUT2D eigenvalue weighted by Gasteiger charge is -2.33. The third-order valence-electron chi connectivity index (χ3n) is 6.32. The van der Waals surface area contributed by atoms with Crippen LogP contribution in [-0.4, -0.2) is 93.1 Å². The van der Waals surface area contributed by atoms with E-state index < -0.39 is 34.0 Å². The van der Waals surface area contributed by atoms with Crippen LogP contribution < -0.4 is 4.80 Å². The zero-order valence-corrected chi connectivity index (χ0v) is 24.2. The standard InChI is InChI=1S/C26H28N4O9S2/c1-4-39-26(34)28-11-13-29(14-12-28)41(35,36)19-8-5-17(6-9-19)23(32)27-25-30(16-22(31)37-2)20-10-7-18(24(33)38-3)15-21(20)40-25/h5-10,15H,4,11-14,16H2,1-3H3. The smallest absolute Gasteiger partial charge is 0.409 e. The van der Waals surface area contributed by atoms with Gasteiger partial charge in [-0.2, -0.15) is 9.30 Å². The highest BCUT2D eigenvalue weighted by Gasteiger charge is 2.30. The molecular weight excluding hydrogens is 576 g/mol. The van der Waals surface area contributed by atoms with Crippen molar-refractivity contribution in [2.24, 2.45) is 4.99 Å². The fourth-order valence-corrected chi connectivity index (χ4v) is 6.63. The molecular formula is C26H28N4O9S2. The Morgan fingerprint density at radius 2 is 1.59 bits per heavy atom. The fraction of sp³-hybridized carbons (Fsp3) is 0.346. The summed E-state index contributed by atoms with van der Waals surface area (Å²) in [6.07, 6.45) is -0.480. The number of ether oxygens (including phenoxy) is 3. The Labute approximate surface area is 239 Å². The normalized spacial score (nSPS) is 14.6. The molecule has 41 heavy (non-hydrogen) atoms. The Hall–Kier alpha value is -4.08. The zero-order chi connectivity index (χ0) is 29.7. The lowest BCUT2D eigenvalue weighted by molar-refractivity contribution is -0.141. The van der Waals surface area contributed by atoms with Gasteiger partial charge in [0.1, 0.15) is 6.54 Å². The summed E-state index contributed by atoms with van der Waals surface area (Å²) in [6.45, 7) is 2.34. The number of amides is 2. The van der Waals surface area contributed by atoms with E-state index in [1.165, 1.54) is 58.3 Å². The molecule has 13 nitrogen and oxygen atoms in total. The quantitative estimate of drug-likeness (QED) is 0.290. The number of thiazole rings is 1. The van der Waals surface area contributed by atoms with Gasteiger partial charge in [0.25, 0.3) is 5.91 Å². The molecule has 3 aromatic rings. The third-order valence-corrected chi connectivity index (χ3v) is 9.27. The third kappa shape index (κ3) is 6.47. The number of rotatable bonds is 7. The number of aromatic nitrogens is 1. The Balaban J connectivity index is 1.58. The van der Waals surface area contributed by atoms with Gasteiger partial charge in [-0.15, -0.1) is 0 Å². The molecule has 1 aliphatic heterocycles. The van der Waals surface area contributed by atoms with E-state index in [0.717, 1.165) is 11.3 Å². The first-order chi connectivity index (χ1) is 19.6. The molecule has 15 heteroatoms. The number of methoxy groups -OCH3 is 2. The Morgan fingerprint density at radius 1 is 0.927 bits per heavy atom. The van der Waals surface area contributed by atoms with Crippen molar-refractivity contribution in [1.82, 2.24) is 13.8 Å². The lowest BCUT2D eigenvalue weighted by Crippen LogP contribution is -2.50. The summed E-state index contributed by atoms with van der Waals surface area (Å²) in [5.41, 5.74) is 0.987. The molecule has 0 spiro atoms. The number of sulfonamides is 1. The second kappa shape index (κ2) is 12.6. The van der Waals surface area contributed by atoms with Gasteiger partial charge in [-0.05, 0) is 49.4 Å². The van der Waals surface area contributed by atoms with Crippen molar-refractivity contribution >= 4 is 55.5 Å². The van der Waals surface area contributed by atoms with Gasteiger partial charge >= 0.3 is 18.0 Å². The summed E-state index contributed by atoms with van der Waals surface area (Å²) in [5.74, 6) is -1.76. The van der Waals surface area contributed by atoms with E-state index in [-0.39, 0.29) is 54.6 Å². The van der Waals surface area contributed by atoms with Gasteiger partial charge in [0, 0.05) is 31.7 Å². The molecule has 1 aliphatic rings. The molecule has 0 unspecified atom stereocenters. The van der Waals surface area contributed by atoms with E-state index in [1.807, 2.05) is 0 Å². The fourth-order valence-electron chi connectivity index (χ4n) is 4.15. The van der Waals surface area contributed by atoms with Crippen LogP contribution in [-0.2, 0) is 35.6 Å².